The van der Waals surface area contributed by atoms with Crippen LogP contribution in [0.5, 0.6) is 0 Å². The van der Waals surface area contributed by atoms with Gasteiger partial charge in [-0.3, -0.25) is 4.99 Å². The lowest BCUT2D eigenvalue weighted by Gasteiger charge is -2.20. The normalized spacial score (nSPS) is 25.2. The summed E-state index contributed by atoms with van der Waals surface area (Å²) in [5.74, 6) is 0.554. The van der Waals surface area contributed by atoms with Crippen molar-refractivity contribution in [2.24, 2.45) is 10.7 Å². The van der Waals surface area contributed by atoms with Crippen LogP contribution in [0.2, 0.25) is 0 Å². The molecule has 1 heterocycles. The van der Waals surface area contributed by atoms with Gasteiger partial charge < -0.3 is 15.8 Å². The monoisotopic (exact) mass is 241 g/mol. The first-order valence-electron chi connectivity index (χ1n) is 6.84. The predicted octanol–water partition coefficient (Wildman–Crippen LogP) is 2.04. The third-order valence-electron chi connectivity index (χ3n) is 3.22. The number of rotatable bonds is 7. The summed E-state index contributed by atoms with van der Waals surface area (Å²) < 4.78 is 5.66. The number of aliphatic imine (C=N–C) groups is 1. The topological polar surface area (TPSA) is 59.6 Å². The Balaban J connectivity index is 2.11. The van der Waals surface area contributed by atoms with Gasteiger partial charge >= 0.3 is 0 Å². The maximum Gasteiger partial charge on any atom is 0.188 e. The number of guanidine groups is 1. The summed E-state index contributed by atoms with van der Waals surface area (Å²) in [7, 11) is 0. The van der Waals surface area contributed by atoms with E-state index in [0.29, 0.717) is 12.5 Å². The van der Waals surface area contributed by atoms with Gasteiger partial charge in [-0.25, -0.2) is 0 Å². The van der Waals surface area contributed by atoms with E-state index in [0.717, 1.165) is 32.4 Å². The van der Waals surface area contributed by atoms with E-state index in [-0.39, 0.29) is 5.60 Å². The molecule has 17 heavy (non-hydrogen) atoms. The van der Waals surface area contributed by atoms with Crippen molar-refractivity contribution in [2.45, 2.75) is 58.0 Å². The van der Waals surface area contributed by atoms with E-state index in [9.17, 15) is 0 Å². The quantitative estimate of drug-likeness (QED) is 0.407. The number of nitrogens with zero attached hydrogens (tertiary/aromatic N) is 1. The Morgan fingerprint density at radius 2 is 2.24 bits per heavy atom. The van der Waals surface area contributed by atoms with Gasteiger partial charge in [0.15, 0.2) is 5.96 Å². The standard InChI is InChI=1S/C13H27N3O/c1-3-4-5-6-9-15-12(14)16-11-13(2)8-7-10-17-13/h3-11H2,1-2H3,(H3,14,15,16). The molecule has 0 spiro atoms. The fraction of sp³-hybridized carbons (Fsp3) is 0.923. The summed E-state index contributed by atoms with van der Waals surface area (Å²) in [6, 6.07) is 0. The molecule has 0 aromatic rings. The summed E-state index contributed by atoms with van der Waals surface area (Å²) in [6.45, 7) is 6.77. The van der Waals surface area contributed by atoms with Crippen LogP contribution in [-0.2, 0) is 4.74 Å². The second-order valence-electron chi connectivity index (χ2n) is 5.09. The zero-order valence-corrected chi connectivity index (χ0v) is 11.3. The molecule has 1 atom stereocenters. The second kappa shape index (κ2) is 7.54. The Kier molecular flexibility index (Phi) is 6.34. The zero-order chi connectivity index (χ0) is 12.6. The molecular weight excluding hydrogens is 214 g/mol. The van der Waals surface area contributed by atoms with Gasteiger partial charge in [0.05, 0.1) is 12.1 Å². The number of unbranched alkanes of at least 4 members (excludes halogenated alkanes) is 3. The van der Waals surface area contributed by atoms with Crippen LogP contribution < -0.4 is 11.1 Å². The van der Waals surface area contributed by atoms with Crippen LogP contribution in [0.4, 0.5) is 0 Å². The maximum atomic E-state index is 5.81. The average Bonchev–Trinajstić information content (AvgIpc) is 2.74. The molecule has 0 aromatic carbocycles. The molecule has 0 aromatic heterocycles. The molecule has 0 amide bonds. The lowest BCUT2D eigenvalue weighted by molar-refractivity contribution is 0.0284. The minimum Gasteiger partial charge on any atom is -0.373 e. The molecule has 4 heteroatoms. The van der Waals surface area contributed by atoms with Gasteiger partial charge in [-0.05, 0) is 26.2 Å². The van der Waals surface area contributed by atoms with Crippen LogP contribution >= 0.6 is 0 Å². The van der Waals surface area contributed by atoms with Gasteiger partial charge in [-0.2, -0.15) is 0 Å². The highest BCUT2D eigenvalue weighted by atomic mass is 16.5. The first-order valence-corrected chi connectivity index (χ1v) is 6.84. The van der Waals surface area contributed by atoms with Crippen LogP contribution in [0, 0.1) is 0 Å². The third kappa shape index (κ3) is 5.91. The fourth-order valence-corrected chi connectivity index (χ4v) is 2.04. The second-order valence-corrected chi connectivity index (χ2v) is 5.09. The molecule has 1 saturated heterocycles. The van der Waals surface area contributed by atoms with E-state index < -0.39 is 0 Å². The minimum absolute atomic E-state index is 0.0888. The van der Waals surface area contributed by atoms with Crippen LogP contribution in [-0.4, -0.2) is 31.3 Å². The lowest BCUT2D eigenvalue weighted by Crippen LogP contribution is -2.35. The largest absolute Gasteiger partial charge is 0.373 e. The summed E-state index contributed by atoms with van der Waals surface area (Å²) >= 11 is 0. The van der Waals surface area contributed by atoms with Gasteiger partial charge in [-0.15, -0.1) is 0 Å². The third-order valence-corrected chi connectivity index (χ3v) is 3.22. The van der Waals surface area contributed by atoms with Crippen molar-refractivity contribution >= 4 is 5.96 Å². The summed E-state index contributed by atoms with van der Waals surface area (Å²) in [5.41, 5.74) is 5.72. The van der Waals surface area contributed by atoms with Crippen molar-refractivity contribution in [1.82, 2.24) is 5.32 Å². The van der Waals surface area contributed by atoms with Gasteiger partial charge in [-0.1, -0.05) is 26.2 Å². The van der Waals surface area contributed by atoms with Crippen molar-refractivity contribution in [1.29, 1.82) is 0 Å². The number of nitrogens with one attached hydrogen (secondary N) is 1. The highest BCUT2D eigenvalue weighted by molar-refractivity contribution is 5.77. The van der Waals surface area contributed by atoms with Crippen LogP contribution in [0.25, 0.3) is 0 Å². The lowest BCUT2D eigenvalue weighted by atomic mass is 10.0. The van der Waals surface area contributed by atoms with Gasteiger partial charge in [0.1, 0.15) is 0 Å². The number of ether oxygens (including phenoxy) is 1. The molecule has 0 radical (unpaired) electrons. The molecule has 1 rings (SSSR count). The van der Waals surface area contributed by atoms with E-state index in [2.05, 4.69) is 24.2 Å². The summed E-state index contributed by atoms with van der Waals surface area (Å²) in [5, 5.41) is 3.15. The molecule has 1 aliphatic rings. The molecule has 4 nitrogen and oxygen atoms in total. The molecule has 3 N–H and O–H groups in total. The van der Waals surface area contributed by atoms with Gasteiger partial charge in [0.2, 0.25) is 0 Å². The Hall–Kier alpha value is -0.770. The van der Waals surface area contributed by atoms with Crippen LogP contribution in [0.1, 0.15) is 52.4 Å². The van der Waals surface area contributed by atoms with Gasteiger partial charge in [0.25, 0.3) is 0 Å². The molecule has 100 valence electrons. The van der Waals surface area contributed by atoms with Crippen molar-refractivity contribution in [3.8, 4) is 0 Å². The Morgan fingerprint density at radius 1 is 1.41 bits per heavy atom. The van der Waals surface area contributed by atoms with Crippen LogP contribution in [0.3, 0.4) is 0 Å². The Labute approximate surface area is 105 Å². The highest BCUT2D eigenvalue weighted by Gasteiger charge is 2.29. The van der Waals surface area contributed by atoms with E-state index in [1.165, 1.54) is 19.3 Å². The number of hydrogen-bond acceptors (Lipinski definition) is 2. The smallest absolute Gasteiger partial charge is 0.188 e. The average molecular weight is 241 g/mol. The first-order chi connectivity index (χ1) is 8.16. The summed E-state index contributed by atoms with van der Waals surface area (Å²) in [6.07, 6.45) is 7.20. The van der Waals surface area contributed by atoms with E-state index in [1.807, 2.05) is 0 Å². The zero-order valence-electron chi connectivity index (χ0n) is 11.3. The van der Waals surface area contributed by atoms with Crippen molar-refractivity contribution in [2.75, 3.05) is 19.7 Å². The maximum absolute atomic E-state index is 5.81. The molecule has 1 fully saturated rings. The molecular formula is C13H27N3O. The molecule has 1 unspecified atom stereocenters. The highest BCUT2D eigenvalue weighted by Crippen LogP contribution is 2.24. The number of hydrogen-bond donors (Lipinski definition) is 2. The van der Waals surface area contributed by atoms with E-state index >= 15 is 0 Å². The fourth-order valence-electron chi connectivity index (χ4n) is 2.04. The Bertz CT molecular complexity index is 235. The summed E-state index contributed by atoms with van der Waals surface area (Å²) in [4.78, 5) is 4.35. The van der Waals surface area contributed by atoms with Crippen molar-refractivity contribution in [3.05, 3.63) is 0 Å². The van der Waals surface area contributed by atoms with E-state index in [4.69, 9.17) is 10.5 Å². The SMILES string of the molecule is CCCCCCNC(N)=NCC1(C)CCCO1. The minimum atomic E-state index is -0.0888. The van der Waals surface area contributed by atoms with E-state index in [1.54, 1.807) is 0 Å². The molecule has 0 bridgehead atoms. The van der Waals surface area contributed by atoms with Crippen LogP contribution in [0.15, 0.2) is 4.99 Å². The first kappa shape index (κ1) is 14.3. The van der Waals surface area contributed by atoms with Crippen molar-refractivity contribution < 1.29 is 4.74 Å². The van der Waals surface area contributed by atoms with Crippen molar-refractivity contribution in [3.63, 3.8) is 0 Å². The molecule has 0 saturated carbocycles. The molecule has 0 aliphatic carbocycles. The molecule has 1 aliphatic heterocycles. The Morgan fingerprint density at radius 3 is 2.88 bits per heavy atom. The predicted molar refractivity (Wildman–Crippen MR) is 72.2 cm³/mol. The van der Waals surface area contributed by atoms with Gasteiger partial charge in [0, 0.05) is 13.2 Å². The number of nitrogens with two attached hydrogens (primary N) is 1.